The van der Waals surface area contributed by atoms with Gasteiger partial charge in [-0.15, -0.1) is 0 Å². The number of rotatable bonds is 3. The van der Waals surface area contributed by atoms with E-state index in [2.05, 4.69) is 0 Å². The van der Waals surface area contributed by atoms with E-state index in [1.165, 1.54) is 13.2 Å². The van der Waals surface area contributed by atoms with Crippen LogP contribution in [0.1, 0.15) is 11.1 Å². The summed E-state index contributed by atoms with van der Waals surface area (Å²) in [7, 11) is 1.49. The molecule has 2 aromatic rings. The summed E-state index contributed by atoms with van der Waals surface area (Å²) in [5.74, 6) is 1.29. The molecule has 4 nitrogen and oxygen atoms in total. The normalized spacial score (nSPS) is 9.40. The summed E-state index contributed by atoms with van der Waals surface area (Å²) >= 11 is 6.04. The van der Waals surface area contributed by atoms with E-state index in [1.54, 1.807) is 30.3 Å². The first-order chi connectivity index (χ1) is 9.67. The van der Waals surface area contributed by atoms with Gasteiger partial charge < -0.3 is 9.47 Å². The molecule has 0 amide bonds. The molecule has 0 atom stereocenters. The van der Waals surface area contributed by atoms with Crippen LogP contribution >= 0.6 is 11.6 Å². The summed E-state index contributed by atoms with van der Waals surface area (Å²) in [4.78, 5) is 0. The van der Waals surface area contributed by atoms with Crippen LogP contribution in [-0.4, -0.2) is 7.11 Å². The van der Waals surface area contributed by atoms with Crippen molar-refractivity contribution in [1.82, 2.24) is 0 Å². The molecule has 98 valence electrons. The van der Waals surface area contributed by atoms with Crippen LogP contribution in [0.2, 0.25) is 5.02 Å². The van der Waals surface area contributed by atoms with Crippen LogP contribution in [0.3, 0.4) is 0 Å². The topological polar surface area (TPSA) is 66.0 Å². The first kappa shape index (κ1) is 13.7. The van der Waals surface area contributed by atoms with Crippen molar-refractivity contribution in [1.29, 1.82) is 10.5 Å². The van der Waals surface area contributed by atoms with E-state index in [1.807, 2.05) is 12.1 Å². The molecule has 0 aliphatic carbocycles. The highest BCUT2D eigenvalue weighted by atomic mass is 35.5. The summed E-state index contributed by atoms with van der Waals surface area (Å²) in [5, 5.41) is 18.0. The van der Waals surface area contributed by atoms with Crippen LogP contribution in [-0.2, 0) is 0 Å². The molecule has 20 heavy (non-hydrogen) atoms. The Morgan fingerprint density at radius 2 is 1.50 bits per heavy atom. The number of hydrogen-bond acceptors (Lipinski definition) is 4. The smallest absolute Gasteiger partial charge is 0.169 e. The fourth-order valence-electron chi connectivity index (χ4n) is 1.59. The van der Waals surface area contributed by atoms with Crippen molar-refractivity contribution >= 4 is 11.6 Å². The van der Waals surface area contributed by atoms with Gasteiger partial charge >= 0.3 is 0 Å². The molecule has 0 aliphatic rings. The number of nitriles is 2. The molecule has 0 spiro atoms. The molecule has 0 saturated carbocycles. The van der Waals surface area contributed by atoms with E-state index >= 15 is 0 Å². The second-order valence-electron chi connectivity index (χ2n) is 3.84. The second kappa shape index (κ2) is 5.97. The largest absolute Gasteiger partial charge is 0.493 e. The summed E-state index contributed by atoms with van der Waals surface area (Å²) in [6.45, 7) is 0. The van der Waals surface area contributed by atoms with E-state index in [9.17, 15) is 0 Å². The van der Waals surface area contributed by atoms with Gasteiger partial charge in [0, 0.05) is 6.07 Å². The zero-order valence-electron chi connectivity index (χ0n) is 10.6. The summed E-state index contributed by atoms with van der Waals surface area (Å²) in [6.07, 6.45) is 0. The minimum atomic E-state index is 0.329. The second-order valence-corrected chi connectivity index (χ2v) is 4.24. The minimum Gasteiger partial charge on any atom is -0.493 e. The van der Waals surface area contributed by atoms with Crippen LogP contribution in [0.4, 0.5) is 0 Å². The molecule has 0 fully saturated rings. The van der Waals surface area contributed by atoms with Gasteiger partial charge in [0.1, 0.15) is 5.75 Å². The molecule has 0 saturated heterocycles. The molecular formula is C15H9ClN2O2. The molecule has 0 N–H and O–H groups in total. The quantitative estimate of drug-likeness (QED) is 0.858. The SMILES string of the molecule is COc1cc(C#N)ccc1Oc1ccc(C#N)cc1Cl. The maximum atomic E-state index is 8.84. The van der Waals surface area contributed by atoms with Crippen LogP contribution in [0, 0.1) is 22.7 Å². The van der Waals surface area contributed by atoms with Crippen molar-refractivity contribution < 1.29 is 9.47 Å². The standard InChI is InChI=1S/C15H9ClN2O2/c1-19-15-7-11(9-18)3-5-14(15)20-13-4-2-10(8-17)6-12(13)16/h2-7H,1H3. The number of benzene rings is 2. The van der Waals surface area contributed by atoms with Gasteiger partial charge in [-0.2, -0.15) is 10.5 Å². The molecule has 0 bridgehead atoms. The average Bonchev–Trinajstić information content (AvgIpc) is 2.49. The third-order valence-electron chi connectivity index (χ3n) is 2.57. The van der Waals surface area contributed by atoms with Gasteiger partial charge in [0.25, 0.3) is 0 Å². The lowest BCUT2D eigenvalue weighted by atomic mass is 10.2. The monoisotopic (exact) mass is 284 g/mol. The molecule has 5 heteroatoms. The third kappa shape index (κ3) is 2.83. The predicted molar refractivity (Wildman–Crippen MR) is 74.0 cm³/mol. The molecule has 2 aromatic carbocycles. The van der Waals surface area contributed by atoms with Gasteiger partial charge in [0.05, 0.1) is 35.4 Å². The Morgan fingerprint density at radius 1 is 0.900 bits per heavy atom. The van der Waals surface area contributed by atoms with E-state index in [-0.39, 0.29) is 0 Å². The van der Waals surface area contributed by atoms with Crippen molar-refractivity contribution in [3.8, 4) is 29.4 Å². The highest BCUT2D eigenvalue weighted by Gasteiger charge is 2.10. The Labute approximate surface area is 121 Å². The molecule has 0 aromatic heterocycles. The average molecular weight is 285 g/mol. The van der Waals surface area contributed by atoms with Gasteiger partial charge in [-0.05, 0) is 30.3 Å². The summed E-state index contributed by atoms with van der Waals surface area (Å²) < 4.78 is 10.8. The number of methoxy groups -OCH3 is 1. The Kier molecular flexibility index (Phi) is 4.10. The van der Waals surface area contributed by atoms with Gasteiger partial charge in [-0.3, -0.25) is 0 Å². The van der Waals surface area contributed by atoms with Crippen molar-refractivity contribution in [2.45, 2.75) is 0 Å². The lowest BCUT2D eigenvalue weighted by molar-refractivity contribution is 0.379. The van der Waals surface area contributed by atoms with Crippen molar-refractivity contribution in [2.75, 3.05) is 7.11 Å². The van der Waals surface area contributed by atoms with Crippen LogP contribution in [0.15, 0.2) is 36.4 Å². The van der Waals surface area contributed by atoms with Crippen LogP contribution in [0.25, 0.3) is 0 Å². The predicted octanol–water partition coefficient (Wildman–Crippen LogP) is 3.88. The van der Waals surface area contributed by atoms with Gasteiger partial charge in [0.2, 0.25) is 0 Å². The number of ether oxygens (including phenoxy) is 2. The van der Waals surface area contributed by atoms with E-state index in [0.29, 0.717) is 33.4 Å². The van der Waals surface area contributed by atoms with Crippen molar-refractivity contribution in [3.05, 3.63) is 52.5 Å². The molecular weight excluding hydrogens is 276 g/mol. The first-order valence-electron chi connectivity index (χ1n) is 5.63. The van der Waals surface area contributed by atoms with Crippen LogP contribution in [0.5, 0.6) is 17.2 Å². The molecule has 2 rings (SSSR count). The van der Waals surface area contributed by atoms with E-state index in [4.69, 9.17) is 31.6 Å². The summed E-state index contributed by atoms with van der Waals surface area (Å²) in [5.41, 5.74) is 0.925. The van der Waals surface area contributed by atoms with Gasteiger partial charge in [0.15, 0.2) is 11.5 Å². The Morgan fingerprint density at radius 3 is 2.05 bits per heavy atom. The zero-order valence-corrected chi connectivity index (χ0v) is 11.3. The third-order valence-corrected chi connectivity index (χ3v) is 2.87. The van der Waals surface area contributed by atoms with Gasteiger partial charge in [-0.25, -0.2) is 0 Å². The lowest BCUT2D eigenvalue weighted by Crippen LogP contribution is -1.92. The molecule has 0 radical (unpaired) electrons. The maximum absolute atomic E-state index is 8.84. The molecule has 0 aliphatic heterocycles. The van der Waals surface area contributed by atoms with Crippen LogP contribution < -0.4 is 9.47 Å². The minimum absolute atomic E-state index is 0.329. The fraction of sp³-hybridized carbons (Fsp3) is 0.0667. The number of nitrogens with zero attached hydrogens (tertiary/aromatic N) is 2. The van der Waals surface area contributed by atoms with Crippen molar-refractivity contribution in [2.24, 2.45) is 0 Å². The zero-order chi connectivity index (χ0) is 14.5. The van der Waals surface area contributed by atoms with E-state index < -0.39 is 0 Å². The molecule has 0 heterocycles. The maximum Gasteiger partial charge on any atom is 0.169 e. The van der Waals surface area contributed by atoms with Crippen molar-refractivity contribution in [3.63, 3.8) is 0 Å². The fourth-order valence-corrected chi connectivity index (χ4v) is 1.81. The summed E-state index contributed by atoms with van der Waals surface area (Å²) in [6, 6.07) is 13.6. The highest BCUT2D eigenvalue weighted by molar-refractivity contribution is 6.32. The number of halogens is 1. The van der Waals surface area contributed by atoms with Gasteiger partial charge in [-0.1, -0.05) is 11.6 Å². The Balaban J connectivity index is 2.35. The molecule has 0 unspecified atom stereocenters. The first-order valence-corrected chi connectivity index (χ1v) is 6.01. The number of hydrogen-bond donors (Lipinski definition) is 0. The Hall–Kier alpha value is -2.69. The van der Waals surface area contributed by atoms with E-state index in [0.717, 1.165) is 0 Å². The Bertz CT molecular complexity index is 730. The highest BCUT2D eigenvalue weighted by Crippen LogP contribution is 2.35. The lowest BCUT2D eigenvalue weighted by Gasteiger charge is -2.11.